The van der Waals surface area contributed by atoms with E-state index in [9.17, 15) is 0 Å². The van der Waals surface area contributed by atoms with E-state index in [-0.39, 0.29) is 0 Å². The number of aromatic nitrogens is 1. The molecule has 2 atom stereocenters. The summed E-state index contributed by atoms with van der Waals surface area (Å²) < 4.78 is 0. The zero-order valence-electron chi connectivity index (χ0n) is 10.9. The molecular weight excluding hydrogens is 220 g/mol. The molecule has 1 aromatic carbocycles. The normalized spacial score (nSPS) is 24.3. The highest BCUT2D eigenvalue weighted by atomic mass is 14.9. The molecule has 0 amide bonds. The fraction of sp³-hybridized carbons (Fsp3) is 0.438. The molecule has 0 spiro atoms. The summed E-state index contributed by atoms with van der Waals surface area (Å²) in [5, 5.41) is 6.14. The van der Waals surface area contributed by atoms with Gasteiger partial charge in [-0.2, -0.15) is 0 Å². The van der Waals surface area contributed by atoms with Crippen LogP contribution in [0.15, 0.2) is 36.7 Å². The highest BCUT2D eigenvalue weighted by Gasteiger charge is 2.26. The average Bonchev–Trinajstić information content (AvgIpc) is 2.46. The molecule has 2 aromatic rings. The number of fused-ring (bicyclic) bond motifs is 1. The number of rotatable bonds is 2. The predicted octanol–water partition coefficient (Wildman–Crippen LogP) is 3.48. The standard InChI is InChI=1S/C16H20N2/c1-17-16-8-3-2-6-15(16)14-7-4-5-12-11-18-10-9-13(12)14/h4-5,7,9-11,15-17H,2-3,6,8H2,1H3. The topological polar surface area (TPSA) is 24.9 Å². The molecular formula is C16H20N2. The summed E-state index contributed by atoms with van der Waals surface area (Å²) in [5.74, 6) is 0.648. The van der Waals surface area contributed by atoms with Gasteiger partial charge in [0, 0.05) is 23.8 Å². The van der Waals surface area contributed by atoms with Crippen molar-refractivity contribution in [2.75, 3.05) is 7.05 Å². The maximum atomic E-state index is 4.22. The predicted molar refractivity (Wildman–Crippen MR) is 75.8 cm³/mol. The van der Waals surface area contributed by atoms with Gasteiger partial charge in [-0.15, -0.1) is 0 Å². The fourth-order valence-corrected chi connectivity index (χ4v) is 3.32. The number of benzene rings is 1. The summed E-state index contributed by atoms with van der Waals surface area (Å²) in [6.07, 6.45) is 9.17. The van der Waals surface area contributed by atoms with E-state index in [1.807, 2.05) is 12.4 Å². The Balaban J connectivity index is 2.07. The molecule has 2 unspecified atom stereocenters. The van der Waals surface area contributed by atoms with Gasteiger partial charge in [0.15, 0.2) is 0 Å². The van der Waals surface area contributed by atoms with Gasteiger partial charge in [-0.1, -0.05) is 31.0 Å². The summed E-state index contributed by atoms with van der Waals surface area (Å²) in [6.45, 7) is 0. The molecule has 18 heavy (non-hydrogen) atoms. The van der Waals surface area contributed by atoms with E-state index >= 15 is 0 Å². The van der Waals surface area contributed by atoms with Crippen LogP contribution in [0.3, 0.4) is 0 Å². The van der Waals surface area contributed by atoms with Crippen molar-refractivity contribution in [3.63, 3.8) is 0 Å². The van der Waals surface area contributed by atoms with Crippen LogP contribution < -0.4 is 5.32 Å². The molecule has 0 aliphatic heterocycles. The van der Waals surface area contributed by atoms with Gasteiger partial charge in [-0.05, 0) is 42.8 Å². The largest absolute Gasteiger partial charge is 0.316 e. The zero-order chi connectivity index (χ0) is 12.4. The first-order valence-corrected chi connectivity index (χ1v) is 6.90. The van der Waals surface area contributed by atoms with Crippen molar-refractivity contribution >= 4 is 10.8 Å². The summed E-state index contributed by atoms with van der Waals surface area (Å²) >= 11 is 0. The van der Waals surface area contributed by atoms with Gasteiger partial charge in [0.1, 0.15) is 0 Å². The number of hydrogen-bond donors (Lipinski definition) is 1. The van der Waals surface area contributed by atoms with Crippen molar-refractivity contribution < 1.29 is 0 Å². The van der Waals surface area contributed by atoms with Crippen molar-refractivity contribution in [1.29, 1.82) is 0 Å². The molecule has 1 N–H and O–H groups in total. The lowest BCUT2D eigenvalue weighted by atomic mass is 9.78. The van der Waals surface area contributed by atoms with Crippen LogP contribution in [0.5, 0.6) is 0 Å². The van der Waals surface area contributed by atoms with Crippen LogP contribution in [-0.2, 0) is 0 Å². The number of hydrogen-bond acceptors (Lipinski definition) is 2. The monoisotopic (exact) mass is 240 g/mol. The molecule has 0 bridgehead atoms. The molecule has 0 saturated heterocycles. The number of nitrogens with one attached hydrogen (secondary N) is 1. The first-order chi connectivity index (χ1) is 8.90. The van der Waals surface area contributed by atoms with Gasteiger partial charge in [0.2, 0.25) is 0 Å². The highest BCUT2D eigenvalue weighted by Crippen LogP contribution is 2.36. The van der Waals surface area contributed by atoms with Crippen LogP contribution >= 0.6 is 0 Å². The smallest absolute Gasteiger partial charge is 0.0346 e. The molecule has 1 aromatic heterocycles. The van der Waals surface area contributed by atoms with Crippen molar-refractivity contribution in [3.05, 3.63) is 42.2 Å². The highest BCUT2D eigenvalue weighted by molar-refractivity contribution is 5.85. The third kappa shape index (κ3) is 2.01. The third-order valence-electron chi connectivity index (χ3n) is 4.25. The first-order valence-electron chi connectivity index (χ1n) is 6.90. The molecule has 1 saturated carbocycles. The molecule has 1 heterocycles. The Labute approximate surface area is 108 Å². The average molecular weight is 240 g/mol. The maximum Gasteiger partial charge on any atom is 0.0346 e. The summed E-state index contributed by atoms with van der Waals surface area (Å²) in [5.41, 5.74) is 1.49. The van der Waals surface area contributed by atoms with E-state index in [2.05, 4.69) is 41.6 Å². The van der Waals surface area contributed by atoms with Gasteiger partial charge >= 0.3 is 0 Å². The molecule has 94 valence electrons. The van der Waals surface area contributed by atoms with E-state index in [0.29, 0.717) is 12.0 Å². The van der Waals surface area contributed by atoms with Gasteiger partial charge in [-0.3, -0.25) is 4.98 Å². The lowest BCUT2D eigenvalue weighted by Crippen LogP contribution is -2.34. The number of likely N-dealkylation sites (N-methyl/N-ethyl adjacent to an activating group) is 1. The van der Waals surface area contributed by atoms with Crippen LogP contribution in [0, 0.1) is 0 Å². The molecule has 0 radical (unpaired) electrons. The Kier molecular flexibility index (Phi) is 3.28. The molecule has 1 aliphatic carbocycles. The van der Waals surface area contributed by atoms with E-state index in [1.165, 1.54) is 42.0 Å². The van der Waals surface area contributed by atoms with Crippen LogP contribution in [-0.4, -0.2) is 18.1 Å². The van der Waals surface area contributed by atoms with Crippen molar-refractivity contribution in [2.24, 2.45) is 0 Å². The van der Waals surface area contributed by atoms with E-state index in [0.717, 1.165) is 0 Å². The van der Waals surface area contributed by atoms with Gasteiger partial charge in [0.05, 0.1) is 0 Å². The second kappa shape index (κ2) is 5.07. The summed E-state index contributed by atoms with van der Waals surface area (Å²) in [6, 6.07) is 9.40. The molecule has 2 heteroatoms. The maximum absolute atomic E-state index is 4.22. The van der Waals surface area contributed by atoms with Gasteiger partial charge < -0.3 is 5.32 Å². The van der Waals surface area contributed by atoms with Crippen LogP contribution in [0.1, 0.15) is 37.2 Å². The minimum absolute atomic E-state index is 0.623. The Bertz CT molecular complexity index is 530. The zero-order valence-corrected chi connectivity index (χ0v) is 10.9. The fourth-order valence-electron chi connectivity index (χ4n) is 3.32. The lowest BCUT2D eigenvalue weighted by molar-refractivity contribution is 0.345. The quantitative estimate of drug-likeness (QED) is 0.869. The Morgan fingerprint density at radius 1 is 1.17 bits per heavy atom. The third-order valence-corrected chi connectivity index (χ3v) is 4.25. The van der Waals surface area contributed by atoms with E-state index < -0.39 is 0 Å². The second-order valence-corrected chi connectivity index (χ2v) is 5.23. The van der Waals surface area contributed by atoms with Gasteiger partial charge in [0.25, 0.3) is 0 Å². The van der Waals surface area contributed by atoms with E-state index in [4.69, 9.17) is 0 Å². The second-order valence-electron chi connectivity index (χ2n) is 5.23. The minimum Gasteiger partial charge on any atom is -0.316 e. The van der Waals surface area contributed by atoms with Crippen LogP contribution in [0.4, 0.5) is 0 Å². The SMILES string of the molecule is CNC1CCCCC1c1cccc2cnccc12. The van der Waals surface area contributed by atoms with Crippen LogP contribution in [0.25, 0.3) is 10.8 Å². The van der Waals surface area contributed by atoms with Crippen molar-refractivity contribution in [3.8, 4) is 0 Å². The Hall–Kier alpha value is -1.41. The molecule has 3 rings (SSSR count). The Morgan fingerprint density at radius 3 is 2.94 bits per heavy atom. The minimum atomic E-state index is 0.623. The summed E-state index contributed by atoms with van der Waals surface area (Å²) in [4.78, 5) is 4.22. The van der Waals surface area contributed by atoms with Crippen molar-refractivity contribution in [1.82, 2.24) is 10.3 Å². The van der Waals surface area contributed by atoms with Crippen molar-refractivity contribution in [2.45, 2.75) is 37.6 Å². The number of pyridine rings is 1. The molecule has 1 fully saturated rings. The molecule has 1 aliphatic rings. The van der Waals surface area contributed by atoms with E-state index in [1.54, 1.807) is 0 Å². The van der Waals surface area contributed by atoms with Gasteiger partial charge in [-0.25, -0.2) is 0 Å². The number of nitrogens with zero attached hydrogens (tertiary/aromatic N) is 1. The lowest BCUT2D eigenvalue weighted by Gasteiger charge is -2.32. The molecule has 2 nitrogen and oxygen atoms in total. The van der Waals surface area contributed by atoms with Crippen LogP contribution in [0.2, 0.25) is 0 Å². The Morgan fingerprint density at radius 2 is 2.06 bits per heavy atom. The first kappa shape index (κ1) is 11.7. The summed E-state index contributed by atoms with van der Waals surface area (Å²) in [7, 11) is 2.09.